The van der Waals surface area contributed by atoms with E-state index in [1.165, 1.54) is 0 Å². The van der Waals surface area contributed by atoms with Gasteiger partial charge in [0.2, 0.25) is 0 Å². The Morgan fingerprint density at radius 3 is 2.75 bits per heavy atom. The van der Waals surface area contributed by atoms with Gasteiger partial charge in [-0.05, 0) is 12.1 Å². The maximum absolute atomic E-state index is 11.8. The first kappa shape index (κ1) is 9.62. The Balaban J connectivity index is 2.78. The smallest absolute Gasteiger partial charge is 0.107 e. The van der Waals surface area contributed by atoms with Crippen LogP contribution in [0.4, 0.5) is 10.1 Å². The van der Waals surface area contributed by atoms with Crippen LogP contribution < -0.4 is 5.32 Å². The monoisotopic (exact) mass is 207 g/mol. The number of nitrogens with one attached hydrogen (secondary N) is 1. The maximum Gasteiger partial charge on any atom is 0.107 e. The van der Waals surface area contributed by atoms with Gasteiger partial charge in [0.1, 0.15) is 6.67 Å². The summed E-state index contributed by atoms with van der Waals surface area (Å²) in [5.41, 5.74) is 0.668. The highest BCUT2D eigenvalue weighted by molar-refractivity contribution is 6.43. The number of anilines is 1. The minimum atomic E-state index is -0.428. The predicted molar refractivity (Wildman–Crippen MR) is 50.9 cm³/mol. The molecule has 0 unspecified atom stereocenters. The number of hydrogen-bond donors (Lipinski definition) is 1. The first-order chi connectivity index (χ1) is 5.75. The zero-order chi connectivity index (χ0) is 8.97. The van der Waals surface area contributed by atoms with Crippen molar-refractivity contribution in [2.45, 2.75) is 0 Å². The third-order valence-electron chi connectivity index (χ3n) is 1.36. The van der Waals surface area contributed by atoms with Crippen LogP contribution in [0.3, 0.4) is 0 Å². The molecule has 0 aliphatic heterocycles. The lowest BCUT2D eigenvalue weighted by atomic mass is 10.3. The lowest BCUT2D eigenvalue weighted by Crippen LogP contribution is -2.03. The van der Waals surface area contributed by atoms with Gasteiger partial charge in [-0.2, -0.15) is 0 Å². The van der Waals surface area contributed by atoms with Crippen LogP contribution in [0, 0.1) is 0 Å². The van der Waals surface area contributed by atoms with E-state index in [0.717, 1.165) is 0 Å². The highest BCUT2D eigenvalue weighted by Crippen LogP contribution is 2.29. The van der Waals surface area contributed by atoms with E-state index in [2.05, 4.69) is 5.32 Å². The summed E-state index contributed by atoms with van der Waals surface area (Å²) < 4.78 is 11.8. The van der Waals surface area contributed by atoms with Crippen molar-refractivity contribution in [3.63, 3.8) is 0 Å². The average Bonchev–Trinajstić information content (AvgIpc) is 2.08. The molecule has 0 bridgehead atoms. The van der Waals surface area contributed by atoms with Gasteiger partial charge in [-0.25, -0.2) is 4.39 Å². The molecule has 0 heterocycles. The molecule has 0 aliphatic rings. The first-order valence-electron chi connectivity index (χ1n) is 3.49. The zero-order valence-corrected chi connectivity index (χ0v) is 7.79. The van der Waals surface area contributed by atoms with Gasteiger partial charge >= 0.3 is 0 Å². The van der Waals surface area contributed by atoms with Crippen molar-refractivity contribution in [2.75, 3.05) is 18.5 Å². The van der Waals surface area contributed by atoms with Gasteiger partial charge in [-0.1, -0.05) is 29.3 Å². The van der Waals surface area contributed by atoms with E-state index in [-0.39, 0.29) is 6.54 Å². The Morgan fingerprint density at radius 2 is 2.08 bits per heavy atom. The maximum atomic E-state index is 11.8. The Hall–Kier alpha value is -0.470. The molecule has 66 valence electrons. The molecule has 0 aromatic heterocycles. The molecule has 0 saturated heterocycles. The van der Waals surface area contributed by atoms with Crippen molar-refractivity contribution in [3.05, 3.63) is 28.2 Å². The molecule has 12 heavy (non-hydrogen) atoms. The molecule has 0 spiro atoms. The lowest BCUT2D eigenvalue weighted by molar-refractivity contribution is 0.513. The third kappa shape index (κ3) is 2.26. The average molecular weight is 208 g/mol. The summed E-state index contributed by atoms with van der Waals surface area (Å²) in [5, 5.41) is 3.72. The quantitative estimate of drug-likeness (QED) is 0.802. The molecule has 0 saturated carbocycles. The van der Waals surface area contributed by atoms with Crippen molar-refractivity contribution in [3.8, 4) is 0 Å². The summed E-state index contributed by atoms with van der Waals surface area (Å²) in [7, 11) is 0. The Bertz CT molecular complexity index is 265. The molecule has 0 radical (unpaired) electrons. The van der Waals surface area contributed by atoms with Gasteiger partial charge < -0.3 is 5.32 Å². The second-order valence-corrected chi connectivity index (χ2v) is 3.00. The SMILES string of the molecule is FCCNc1cccc(Cl)c1Cl. The highest BCUT2D eigenvalue weighted by Gasteiger charge is 2.02. The van der Waals surface area contributed by atoms with Crippen molar-refractivity contribution < 1.29 is 4.39 Å². The highest BCUT2D eigenvalue weighted by atomic mass is 35.5. The summed E-state index contributed by atoms with van der Waals surface area (Å²) in [6.45, 7) is -0.178. The van der Waals surface area contributed by atoms with Gasteiger partial charge in [-0.15, -0.1) is 0 Å². The molecule has 0 amide bonds. The Morgan fingerprint density at radius 1 is 1.33 bits per heavy atom. The number of alkyl halides is 1. The molecular weight excluding hydrogens is 200 g/mol. The van der Waals surface area contributed by atoms with Crippen LogP contribution in [0.15, 0.2) is 18.2 Å². The van der Waals surface area contributed by atoms with E-state index in [0.29, 0.717) is 15.7 Å². The number of hydrogen-bond acceptors (Lipinski definition) is 1. The predicted octanol–water partition coefficient (Wildman–Crippen LogP) is 3.37. The van der Waals surface area contributed by atoms with E-state index >= 15 is 0 Å². The van der Waals surface area contributed by atoms with Crippen LogP contribution in [-0.2, 0) is 0 Å². The van der Waals surface area contributed by atoms with Crippen molar-refractivity contribution in [1.29, 1.82) is 0 Å². The fraction of sp³-hybridized carbons (Fsp3) is 0.250. The van der Waals surface area contributed by atoms with E-state index in [1.54, 1.807) is 18.2 Å². The van der Waals surface area contributed by atoms with Gasteiger partial charge in [0, 0.05) is 6.54 Å². The standard InChI is InChI=1S/C8H8Cl2FN/c9-6-2-1-3-7(8(6)10)12-5-4-11/h1-3,12H,4-5H2. The fourth-order valence-electron chi connectivity index (χ4n) is 0.822. The van der Waals surface area contributed by atoms with Gasteiger partial charge in [0.05, 0.1) is 15.7 Å². The van der Waals surface area contributed by atoms with E-state index < -0.39 is 6.67 Å². The number of benzene rings is 1. The van der Waals surface area contributed by atoms with Crippen molar-refractivity contribution in [1.82, 2.24) is 0 Å². The molecule has 1 N–H and O–H groups in total. The van der Waals surface area contributed by atoms with Crippen LogP contribution in [0.25, 0.3) is 0 Å². The third-order valence-corrected chi connectivity index (χ3v) is 2.18. The largest absolute Gasteiger partial charge is 0.381 e. The summed E-state index contributed by atoms with van der Waals surface area (Å²) in [6.07, 6.45) is 0. The van der Waals surface area contributed by atoms with Crippen LogP contribution in [0.2, 0.25) is 10.0 Å². The lowest BCUT2D eigenvalue weighted by Gasteiger charge is -2.06. The molecule has 0 aliphatic carbocycles. The van der Waals surface area contributed by atoms with E-state index in [9.17, 15) is 4.39 Å². The Kier molecular flexibility index (Phi) is 3.63. The second-order valence-electron chi connectivity index (χ2n) is 2.22. The van der Waals surface area contributed by atoms with Crippen LogP contribution in [0.1, 0.15) is 0 Å². The summed E-state index contributed by atoms with van der Waals surface area (Å²) in [4.78, 5) is 0. The summed E-state index contributed by atoms with van der Waals surface area (Å²) in [6, 6.07) is 5.20. The Labute approximate surface area is 80.5 Å². The van der Waals surface area contributed by atoms with Gasteiger partial charge in [0.15, 0.2) is 0 Å². The first-order valence-corrected chi connectivity index (χ1v) is 4.25. The molecule has 1 aromatic carbocycles. The molecule has 1 rings (SSSR count). The van der Waals surface area contributed by atoms with E-state index in [1.807, 2.05) is 0 Å². The minimum absolute atomic E-state index is 0.250. The number of rotatable bonds is 3. The molecule has 1 aromatic rings. The van der Waals surface area contributed by atoms with Crippen LogP contribution in [-0.4, -0.2) is 13.2 Å². The second kappa shape index (κ2) is 4.53. The van der Waals surface area contributed by atoms with E-state index in [4.69, 9.17) is 23.2 Å². The van der Waals surface area contributed by atoms with Crippen LogP contribution in [0.5, 0.6) is 0 Å². The minimum Gasteiger partial charge on any atom is -0.381 e. The summed E-state index contributed by atoms with van der Waals surface area (Å²) >= 11 is 11.5. The summed E-state index contributed by atoms with van der Waals surface area (Å²) in [5.74, 6) is 0. The van der Waals surface area contributed by atoms with Crippen LogP contribution >= 0.6 is 23.2 Å². The normalized spacial score (nSPS) is 9.92. The molecule has 0 fully saturated rings. The molecule has 1 nitrogen and oxygen atoms in total. The van der Waals surface area contributed by atoms with Gasteiger partial charge in [-0.3, -0.25) is 0 Å². The molecular formula is C8H8Cl2FN. The van der Waals surface area contributed by atoms with Crippen molar-refractivity contribution in [2.24, 2.45) is 0 Å². The molecule has 4 heteroatoms. The fourth-order valence-corrected chi connectivity index (χ4v) is 1.19. The topological polar surface area (TPSA) is 12.0 Å². The number of halogens is 3. The molecule has 0 atom stereocenters. The van der Waals surface area contributed by atoms with Crippen molar-refractivity contribution >= 4 is 28.9 Å². The zero-order valence-electron chi connectivity index (χ0n) is 6.28. The van der Waals surface area contributed by atoms with Gasteiger partial charge in [0.25, 0.3) is 0 Å².